The molecule has 1 heterocycles. The van der Waals surface area contributed by atoms with Crippen LogP contribution in [0.2, 0.25) is 0 Å². The highest BCUT2D eigenvalue weighted by atomic mass is 32.2. The molecule has 0 saturated heterocycles. The summed E-state index contributed by atoms with van der Waals surface area (Å²) in [6, 6.07) is 11.8. The molecule has 31 heavy (non-hydrogen) atoms. The van der Waals surface area contributed by atoms with Crippen LogP contribution in [0, 0.1) is 6.92 Å². The van der Waals surface area contributed by atoms with Crippen LogP contribution in [0.25, 0.3) is 0 Å². The fourth-order valence-electron chi connectivity index (χ4n) is 2.73. The summed E-state index contributed by atoms with van der Waals surface area (Å²) in [5.41, 5.74) is 6.35. The highest BCUT2D eigenvalue weighted by molar-refractivity contribution is 7.92. The molecule has 0 saturated carbocycles. The Labute approximate surface area is 178 Å². The van der Waals surface area contributed by atoms with Gasteiger partial charge >= 0.3 is 0 Å². The van der Waals surface area contributed by atoms with E-state index in [1.807, 2.05) is 6.92 Å². The van der Waals surface area contributed by atoms with Crippen LogP contribution in [-0.2, 0) is 10.0 Å². The number of amides is 2. The molecular formula is C20H21N5O5S. The van der Waals surface area contributed by atoms with Gasteiger partial charge in [-0.1, -0.05) is 0 Å². The van der Waals surface area contributed by atoms with E-state index in [0.717, 1.165) is 0 Å². The number of hydrogen-bond acceptors (Lipinski definition) is 6. The van der Waals surface area contributed by atoms with E-state index in [4.69, 9.17) is 10.5 Å². The van der Waals surface area contributed by atoms with Crippen molar-refractivity contribution in [3.8, 4) is 5.75 Å². The third kappa shape index (κ3) is 5.01. The number of primary amides is 1. The lowest BCUT2D eigenvalue weighted by Gasteiger charge is -2.10. The Morgan fingerprint density at radius 2 is 1.74 bits per heavy atom. The van der Waals surface area contributed by atoms with Crippen molar-refractivity contribution in [2.24, 2.45) is 5.73 Å². The Hall–Kier alpha value is -3.86. The Kier molecular flexibility index (Phi) is 6.25. The Bertz CT molecular complexity index is 1200. The second kappa shape index (κ2) is 8.88. The maximum absolute atomic E-state index is 12.6. The molecule has 2 amide bonds. The predicted octanol–water partition coefficient (Wildman–Crippen LogP) is 2.27. The fraction of sp³-hybridized carbons (Fsp3) is 0.150. The van der Waals surface area contributed by atoms with Crippen LogP contribution in [0.4, 0.5) is 11.4 Å². The lowest BCUT2D eigenvalue weighted by atomic mass is 10.2. The molecule has 11 heteroatoms. The minimum atomic E-state index is -3.85. The highest BCUT2D eigenvalue weighted by Gasteiger charge is 2.19. The molecule has 5 N–H and O–H groups in total. The number of nitrogens with zero attached hydrogens (tertiary/aromatic N) is 1. The summed E-state index contributed by atoms with van der Waals surface area (Å²) in [5, 5.41) is 8.89. The lowest BCUT2D eigenvalue weighted by molar-refractivity contribution is 0.0996. The molecule has 0 atom stereocenters. The molecule has 3 aromatic rings. The summed E-state index contributed by atoms with van der Waals surface area (Å²) in [6.07, 6.45) is 0. The van der Waals surface area contributed by atoms with Crippen LogP contribution < -0.4 is 20.5 Å². The fourth-order valence-corrected chi connectivity index (χ4v) is 3.79. The number of H-pyrrole nitrogens is 1. The zero-order chi connectivity index (χ0) is 22.6. The molecule has 0 unspecified atom stereocenters. The lowest BCUT2D eigenvalue weighted by Crippen LogP contribution is -2.18. The van der Waals surface area contributed by atoms with Gasteiger partial charge in [-0.15, -0.1) is 0 Å². The summed E-state index contributed by atoms with van der Waals surface area (Å²) in [5.74, 6) is -0.704. The minimum Gasteiger partial charge on any atom is -0.494 e. The summed E-state index contributed by atoms with van der Waals surface area (Å²) >= 11 is 0. The van der Waals surface area contributed by atoms with Crippen molar-refractivity contribution in [1.29, 1.82) is 0 Å². The maximum Gasteiger partial charge on any atom is 0.271 e. The highest BCUT2D eigenvalue weighted by Crippen LogP contribution is 2.21. The van der Waals surface area contributed by atoms with Gasteiger partial charge in [-0.25, -0.2) is 8.42 Å². The van der Waals surface area contributed by atoms with Crippen LogP contribution >= 0.6 is 0 Å². The number of nitrogens with two attached hydrogens (primary N) is 1. The molecule has 0 aliphatic heterocycles. The van der Waals surface area contributed by atoms with Gasteiger partial charge in [0.25, 0.3) is 21.8 Å². The van der Waals surface area contributed by atoms with Crippen molar-refractivity contribution in [2.45, 2.75) is 18.7 Å². The van der Waals surface area contributed by atoms with E-state index in [2.05, 4.69) is 20.2 Å². The Balaban J connectivity index is 1.73. The summed E-state index contributed by atoms with van der Waals surface area (Å²) in [7, 11) is -3.85. The Morgan fingerprint density at radius 1 is 1.10 bits per heavy atom. The molecule has 0 spiro atoms. The van der Waals surface area contributed by atoms with Gasteiger partial charge in [0.05, 0.1) is 22.9 Å². The molecule has 0 radical (unpaired) electrons. The van der Waals surface area contributed by atoms with Gasteiger partial charge in [0.1, 0.15) is 5.75 Å². The number of aromatic amines is 1. The van der Waals surface area contributed by atoms with Crippen molar-refractivity contribution >= 4 is 33.2 Å². The molecule has 10 nitrogen and oxygen atoms in total. The monoisotopic (exact) mass is 443 g/mol. The third-order valence-corrected chi connectivity index (χ3v) is 5.66. The van der Waals surface area contributed by atoms with Crippen LogP contribution in [-0.4, -0.2) is 37.0 Å². The van der Waals surface area contributed by atoms with Gasteiger partial charge < -0.3 is 15.8 Å². The number of benzene rings is 2. The average Bonchev–Trinajstić information content (AvgIpc) is 3.10. The van der Waals surface area contributed by atoms with Crippen LogP contribution in [0.3, 0.4) is 0 Å². The molecular weight excluding hydrogens is 422 g/mol. The van der Waals surface area contributed by atoms with E-state index in [1.165, 1.54) is 24.3 Å². The number of hydrogen-bond donors (Lipinski definition) is 4. The molecule has 162 valence electrons. The molecule has 3 rings (SSSR count). The number of aromatic nitrogens is 2. The molecule has 2 aromatic carbocycles. The summed E-state index contributed by atoms with van der Waals surface area (Å²) < 4.78 is 33.0. The smallest absolute Gasteiger partial charge is 0.271 e. The van der Waals surface area contributed by atoms with E-state index in [-0.39, 0.29) is 21.8 Å². The van der Waals surface area contributed by atoms with Gasteiger partial charge in [-0.3, -0.25) is 19.4 Å². The zero-order valence-corrected chi connectivity index (χ0v) is 17.6. The van der Waals surface area contributed by atoms with E-state index in [0.29, 0.717) is 23.7 Å². The molecule has 0 fully saturated rings. The first-order chi connectivity index (χ1) is 14.7. The van der Waals surface area contributed by atoms with Crippen LogP contribution in [0.5, 0.6) is 5.75 Å². The van der Waals surface area contributed by atoms with E-state index >= 15 is 0 Å². The van der Waals surface area contributed by atoms with Gasteiger partial charge in [0, 0.05) is 11.3 Å². The third-order valence-electron chi connectivity index (χ3n) is 4.26. The normalized spacial score (nSPS) is 11.0. The van der Waals surface area contributed by atoms with Crippen molar-refractivity contribution < 1.29 is 22.7 Å². The topological polar surface area (TPSA) is 156 Å². The van der Waals surface area contributed by atoms with E-state index < -0.39 is 21.8 Å². The predicted molar refractivity (Wildman–Crippen MR) is 115 cm³/mol. The minimum absolute atomic E-state index is 0.0183. The van der Waals surface area contributed by atoms with Crippen LogP contribution in [0.1, 0.15) is 33.5 Å². The van der Waals surface area contributed by atoms with Crippen molar-refractivity contribution in [2.75, 3.05) is 16.6 Å². The van der Waals surface area contributed by atoms with Crippen molar-refractivity contribution in [3.05, 3.63) is 65.5 Å². The molecule has 0 bridgehead atoms. The standard InChI is InChI=1S/C20H21N5O5S/c1-3-30-15-8-6-14(7-9-15)25-31(28,29)16-10-4-13(5-11-16)20(27)22-17-12(2)23-24-18(17)19(21)26/h4-11,25H,3H2,1-2H3,(H2,21,26)(H,22,27)(H,23,24). The Morgan fingerprint density at radius 3 is 2.32 bits per heavy atom. The van der Waals surface area contributed by atoms with E-state index in [1.54, 1.807) is 31.2 Å². The van der Waals surface area contributed by atoms with Gasteiger partial charge in [-0.05, 0) is 62.4 Å². The first-order valence-electron chi connectivity index (χ1n) is 9.23. The number of nitrogens with one attached hydrogen (secondary N) is 3. The SMILES string of the molecule is CCOc1ccc(NS(=O)(=O)c2ccc(C(=O)Nc3c(C(N)=O)n[nH]c3C)cc2)cc1. The first-order valence-corrected chi connectivity index (χ1v) is 10.7. The number of anilines is 2. The molecule has 0 aliphatic carbocycles. The number of carbonyl (C=O) groups excluding carboxylic acids is 2. The average molecular weight is 443 g/mol. The number of aryl methyl sites for hydroxylation is 1. The first kappa shape index (κ1) is 21.8. The summed E-state index contributed by atoms with van der Waals surface area (Å²) in [4.78, 5) is 23.9. The quantitative estimate of drug-likeness (QED) is 0.418. The number of carbonyl (C=O) groups is 2. The largest absolute Gasteiger partial charge is 0.494 e. The van der Waals surface area contributed by atoms with Gasteiger partial charge in [0.2, 0.25) is 0 Å². The van der Waals surface area contributed by atoms with Gasteiger partial charge in [-0.2, -0.15) is 5.10 Å². The van der Waals surface area contributed by atoms with Crippen molar-refractivity contribution in [3.63, 3.8) is 0 Å². The second-order valence-electron chi connectivity index (χ2n) is 6.48. The maximum atomic E-state index is 12.6. The van der Waals surface area contributed by atoms with Gasteiger partial charge in [0.15, 0.2) is 5.69 Å². The number of ether oxygens (including phenoxy) is 1. The van der Waals surface area contributed by atoms with E-state index in [9.17, 15) is 18.0 Å². The second-order valence-corrected chi connectivity index (χ2v) is 8.16. The van der Waals surface area contributed by atoms with Crippen LogP contribution in [0.15, 0.2) is 53.4 Å². The number of rotatable bonds is 8. The number of sulfonamides is 1. The summed E-state index contributed by atoms with van der Waals surface area (Å²) in [6.45, 7) is 3.99. The molecule has 1 aromatic heterocycles. The zero-order valence-electron chi connectivity index (χ0n) is 16.8. The molecule has 0 aliphatic rings. The van der Waals surface area contributed by atoms with Crippen molar-refractivity contribution in [1.82, 2.24) is 10.2 Å².